The van der Waals surface area contributed by atoms with Gasteiger partial charge in [-0.2, -0.15) is 0 Å². The Morgan fingerprint density at radius 2 is 1.74 bits per heavy atom. The van der Waals surface area contributed by atoms with Crippen molar-refractivity contribution in [1.82, 2.24) is 0 Å². The third-order valence-electron chi connectivity index (χ3n) is 4.40. The molecule has 2 aromatic rings. The molecule has 0 aromatic heterocycles. The van der Waals surface area contributed by atoms with E-state index in [2.05, 4.69) is 6.92 Å². The number of carbonyl (C=O) groups excluding carboxylic acids is 1. The van der Waals surface area contributed by atoms with Gasteiger partial charge in [-0.05, 0) is 41.5 Å². The zero-order valence-electron chi connectivity index (χ0n) is 12.9. The standard InChI is InChI=1S/C18H18O5/c1-2-18(9-22-10-18)11-23-17(21)15-6-4-12-7-14(16(19)20)5-3-13(12)8-15/h3-8H,2,9-11H2,1H3,(H,19,20). The first-order valence-corrected chi connectivity index (χ1v) is 7.55. The second-order valence-electron chi connectivity index (χ2n) is 6.00. The van der Waals surface area contributed by atoms with Gasteiger partial charge in [-0.1, -0.05) is 19.1 Å². The molecule has 0 amide bonds. The highest BCUT2D eigenvalue weighted by molar-refractivity contribution is 5.98. The van der Waals surface area contributed by atoms with Gasteiger partial charge in [0, 0.05) is 0 Å². The maximum atomic E-state index is 12.2. The number of rotatable bonds is 5. The molecule has 2 aromatic carbocycles. The molecule has 1 heterocycles. The van der Waals surface area contributed by atoms with Crippen molar-refractivity contribution in [2.24, 2.45) is 5.41 Å². The zero-order valence-corrected chi connectivity index (χ0v) is 12.9. The first kappa shape index (κ1) is 15.5. The van der Waals surface area contributed by atoms with Gasteiger partial charge < -0.3 is 14.6 Å². The van der Waals surface area contributed by atoms with Crippen LogP contribution in [0, 0.1) is 5.41 Å². The SMILES string of the molecule is CCC1(COC(=O)c2ccc3cc(C(=O)O)ccc3c2)COC1. The fourth-order valence-corrected chi connectivity index (χ4v) is 2.59. The predicted molar refractivity (Wildman–Crippen MR) is 84.7 cm³/mol. The van der Waals surface area contributed by atoms with Crippen LogP contribution in [0.15, 0.2) is 36.4 Å². The summed E-state index contributed by atoms with van der Waals surface area (Å²) in [6, 6.07) is 9.93. The maximum absolute atomic E-state index is 12.2. The summed E-state index contributed by atoms with van der Waals surface area (Å²) in [4.78, 5) is 23.2. The van der Waals surface area contributed by atoms with Crippen LogP contribution in [0.4, 0.5) is 0 Å². The molecule has 120 valence electrons. The molecule has 0 saturated carbocycles. The van der Waals surface area contributed by atoms with Crippen molar-refractivity contribution >= 4 is 22.7 Å². The van der Waals surface area contributed by atoms with E-state index in [1.54, 1.807) is 30.3 Å². The maximum Gasteiger partial charge on any atom is 0.338 e. The van der Waals surface area contributed by atoms with Crippen molar-refractivity contribution in [3.05, 3.63) is 47.5 Å². The Balaban J connectivity index is 1.76. The van der Waals surface area contributed by atoms with E-state index in [9.17, 15) is 9.59 Å². The quantitative estimate of drug-likeness (QED) is 0.858. The molecule has 1 N–H and O–H groups in total. The summed E-state index contributed by atoms with van der Waals surface area (Å²) in [5.41, 5.74) is 0.651. The summed E-state index contributed by atoms with van der Waals surface area (Å²) in [5, 5.41) is 10.6. The second-order valence-corrected chi connectivity index (χ2v) is 6.00. The lowest BCUT2D eigenvalue weighted by molar-refractivity contribution is -0.140. The van der Waals surface area contributed by atoms with Crippen LogP contribution in [-0.2, 0) is 9.47 Å². The van der Waals surface area contributed by atoms with Crippen molar-refractivity contribution in [3.8, 4) is 0 Å². The van der Waals surface area contributed by atoms with Gasteiger partial charge in [0.05, 0.1) is 29.8 Å². The second kappa shape index (κ2) is 6.01. The minimum Gasteiger partial charge on any atom is -0.478 e. The molecule has 0 unspecified atom stereocenters. The average Bonchev–Trinajstić information content (AvgIpc) is 2.53. The Labute approximate surface area is 133 Å². The molecular formula is C18H18O5. The minimum absolute atomic E-state index is 0.0388. The molecule has 1 aliphatic rings. The molecule has 0 spiro atoms. The lowest BCUT2D eigenvalue weighted by Gasteiger charge is -2.39. The van der Waals surface area contributed by atoms with E-state index >= 15 is 0 Å². The molecule has 1 fully saturated rings. The van der Waals surface area contributed by atoms with Crippen LogP contribution in [0.3, 0.4) is 0 Å². The molecule has 1 saturated heterocycles. The third kappa shape index (κ3) is 3.05. The normalized spacial score (nSPS) is 15.9. The van der Waals surface area contributed by atoms with Crippen molar-refractivity contribution in [2.75, 3.05) is 19.8 Å². The number of ether oxygens (including phenoxy) is 2. The summed E-state index contributed by atoms with van der Waals surface area (Å²) in [6.07, 6.45) is 0.913. The molecule has 5 heteroatoms. The summed E-state index contributed by atoms with van der Waals surface area (Å²) in [5.74, 6) is -1.34. The Morgan fingerprint density at radius 1 is 1.13 bits per heavy atom. The van der Waals surface area contributed by atoms with Crippen LogP contribution >= 0.6 is 0 Å². The fraction of sp³-hybridized carbons (Fsp3) is 0.333. The molecule has 5 nitrogen and oxygen atoms in total. The van der Waals surface area contributed by atoms with Gasteiger partial charge in [0.25, 0.3) is 0 Å². The smallest absolute Gasteiger partial charge is 0.338 e. The van der Waals surface area contributed by atoms with E-state index in [0.29, 0.717) is 25.4 Å². The number of esters is 1. The van der Waals surface area contributed by atoms with Crippen molar-refractivity contribution in [1.29, 1.82) is 0 Å². The van der Waals surface area contributed by atoms with Crippen molar-refractivity contribution in [3.63, 3.8) is 0 Å². The van der Waals surface area contributed by atoms with Crippen LogP contribution in [0.25, 0.3) is 10.8 Å². The fourth-order valence-electron chi connectivity index (χ4n) is 2.59. The molecular weight excluding hydrogens is 296 g/mol. The Hall–Kier alpha value is -2.40. The van der Waals surface area contributed by atoms with Gasteiger partial charge in [-0.15, -0.1) is 0 Å². The number of hydrogen-bond donors (Lipinski definition) is 1. The molecule has 0 radical (unpaired) electrons. The Kier molecular flexibility index (Phi) is 4.05. The van der Waals surface area contributed by atoms with E-state index in [1.807, 2.05) is 0 Å². The van der Waals surface area contributed by atoms with Gasteiger partial charge in [0.15, 0.2) is 0 Å². The Morgan fingerprint density at radius 3 is 2.26 bits per heavy atom. The topological polar surface area (TPSA) is 72.8 Å². The lowest BCUT2D eigenvalue weighted by Crippen LogP contribution is -2.46. The van der Waals surface area contributed by atoms with Crippen LogP contribution in [0.5, 0.6) is 0 Å². The first-order chi connectivity index (χ1) is 11.0. The summed E-state index contributed by atoms with van der Waals surface area (Å²) in [7, 11) is 0. The van der Waals surface area contributed by atoms with Gasteiger partial charge >= 0.3 is 11.9 Å². The summed E-state index contributed by atoms with van der Waals surface area (Å²) < 4.78 is 10.6. The number of carbonyl (C=O) groups is 2. The predicted octanol–water partition coefficient (Wildman–Crippen LogP) is 3.12. The average molecular weight is 314 g/mol. The number of fused-ring (bicyclic) bond motifs is 1. The van der Waals surface area contributed by atoms with Crippen LogP contribution in [0.1, 0.15) is 34.1 Å². The molecule has 0 atom stereocenters. The molecule has 3 rings (SSSR count). The number of aromatic carboxylic acids is 1. The number of hydrogen-bond acceptors (Lipinski definition) is 4. The molecule has 23 heavy (non-hydrogen) atoms. The third-order valence-corrected chi connectivity index (χ3v) is 4.40. The van der Waals surface area contributed by atoms with Gasteiger partial charge in [-0.25, -0.2) is 9.59 Å². The molecule has 0 bridgehead atoms. The molecule has 0 aliphatic carbocycles. The highest BCUT2D eigenvalue weighted by Gasteiger charge is 2.38. The zero-order chi connectivity index (χ0) is 16.4. The number of benzene rings is 2. The minimum atomic E-state index is -0.969. The van der Waals surface area contributed by atoms with E-state index in [0.717, 1.165) is 17.2 Å². The monoisotopic (exact) mass is 314 g/mol. The van der Waals surface area contributed by atoms with Crippen LogP contribution in [0.2, 0.25) is 0 Å². The van der Waals surface area contributed by atoms with Crippen LogP contribution < -0.4 is 0 Å². The number of carboxylic acids is 1. The first-order valence-electron chi connectivity index (χ1n) is 7.55. The Bertz CT molecular complexity index is 756. The van der Waals surface area contributed by atoms with E-state index < -0.39 is 5.97 Å². The number of carboxylic acid groups (broad SMARTS) is 1. The van der Waals surface area contributed by atoms with Crippen molar-refractivity contribution in [2.45, 2.75) is 13.3 Å². The van der Waals surface area contributed by atoms with E-state index in [4.69, 9.17) is 14.6 Å². The lowest BCUT2D eigenvalue weighted by atomic mass is 9.84. The van der Waals surface area contributed by atoms with Gasteiger partial charge in [-0.3, -0.25) is 0 Å². The summed E-state index contributed by atoms with van der Waals surface area (Å²) >= 11 is 0. The highest BCUT2D eigenvalue weighted by Crippen LogP contribution is 2.31. The highest BCUT2D eigenvalue weighted by atomic mass is 16.5. The van der Waals surface area contributed by atoms with Crippen molar-refractivity contribution < 1.29 is 24.2 Å². The largest absolute Gasteiger partial charge is 0.478 e. The van der Waals surface area contributed by atoms with Gasteiger partial charge in [0.1, 0.15) is 6.61 Å². The van der Waals surface area contributed by atoms with E-state index in [-0.39, 0.29) is 16.9 Å². The molecule has 1 aliphatic heterocycles. The summed E-state index contributed by atoms with van der Waals surface area (Å²) in [6.45, 7) is 3.68. The van der Waals surface area contributed by atoms with E-state index in [1.165, 1.54) is 6.07 Å². The van der Waals surface area contributed by atoms with Crippen LogP contribution in [-0.4, -0.2) is 36.9 Å². The van der Waals surface area contributed by atoms with Gasteiger partial charge in [0.2, 0.25) is 0 Å².